The van der Waals surface area contributed by atoms with Crippen molar-refractivity contribution in [3.05, 3.63) is 0 Å². The molecule has 5 nitrogen and oxygen atoms in total. The molecule has 15 heavy (non-hydrogen) atoms. The van der Waals surface area contributed by atoms with Gasteiger partial charge in [0.15, 0.2) is 0 Å². The van der Waals surface area contributed by atoms with E-state index in [0.717, 1.165) is 6.42 Å². The molecule has 1 amide bonds. The van der Waals surface area contributed by atoms with Crippen LogP contribution in [0.15, 0.2) is 0 Å². The van der Waals surface area contributed by atoms with Gasteiger partial charge in [0.1, 0.15) is 12.1 Å². The van der Waals surface area contributed by atoms with Crippen LogP contribution in [-0.2, 0) is 14.3 Å². The van der Waals surface area contributed by atoms with E-state index < -0.39 is 18.1 Å². The number of aliphatic carboxylic acids is 1. The molecule has 0 aromatic heterocycles. The average Bonchev–Trinajstić information content (AvgIpc) is 2.65. The van der Waals surface area contributed by atoms with Crippen LogP contribution in [0.25, 0.3) is 0 Å². The summed E-state index contributed by atoms with van der Waals surface area (Å²) in [6.07, 6.45) is 1.07. The summed E-state index contributed by atoms with van der Waals surface area (Å²) in [5.41, 5.74) is 0. The summed E-state index contributed by atoms with van der Waals surface area (Å²) in [5.74, 6) is -1.45. The maximum Gasteiger partial charge on any atom is 0.326 e. The van der Waals surface area contributed by atoms with Gasteiger partial charge in [-0.2, -0.15) is 0 Å². The highest BCUT2D eigenvalue weighted by Gasteiger charge is 2.29. The molecule has 0 aromatic rings. The van der Waals surface area contributed by atoms with Crippen molar-refractivity contribution in [2.24, 2.45) is 5.92 Å². The number of nitrogens with one attached hydrogen (secondary N) is 1. The van der Waals surface area contributed by atoms with Gasteiger partial charge in [0.05, 0.1) is 0 Å². The first-order valence-electron chi connectivity index (χ1n) is 5.17. The van der Waals surface area contributed by atoms with Crippen molar-refractivity contribution in [1.82, 2.24) is 5.32 Å². The predicted molar refractivity (Wildman–Crippen MR) is 53.4 cm³/mol. The lowest BCUT2D eigenvalue weighted by molar-refractivity contribution is -0.144. The molecule has 86 valence electrons. The zero-order valence-electron chi connectivity index (χ0n) is 9.03. The highest BCUT2D eigenvalue weighted by molar-refractivity contribution is 5.86. The van der Waals surface area contributed by atoms with Crippen LogP contribution in [0.1, 0.15) is 26.7 Å². The van der Waals surface area contributed by atoms with Crippen LogP contribution in [-0.4, -0.2) is 35.7 Å². The number of rotatable bonds is 4. The van der Waals surface area contributed by atoms with Gasteiger partial charge in [0.2, 0.25) is 5.91 Å². The van der Waals surface area contributed by atoms with Gasteiger partial charge in [-0.15, -0.1) is 0 Å². The lowest BCUT2D eigenvalue weighted by Gasteiger charge is -2.19. The fourth-order valence-electron chi connectivity index (χ4n) is 1.54. The number of carbonyl (C=O) groups excluding carboxylic acids is 1. The Morgan fingerprint density at radius 3 is 2.53 bits per heavy atom. The highest BCUT2D eigenvalue weighted by atomic mass is 16.5. The first-order valence-corrected chi connectivity index (χ1v) is 5.17. The maximum atomic E-state index is 11.6. The molecular weight excluding hydrogens is 198 g/mol. The summed E-state index contributed by atoms with van der Waals surface area (Å²) in [6, 6.07) is -0.832. The number of carbonyl (C=O) groups is 2. The molecule has 1 rings (SSSR count). The first-order chi connectivity index (χ1) is 7.02. The molecule has 1 heterocycles. The van der Waals surface area contributed by atoms with Gasteiger partial charge in [0, 0.05) is 6.61 Å². The molecule has 5 heteroatoms. The van der Waals surface area contributed by atoms with E-state index in [9.17, 15) is 9.59 Å². The SMILES string of the molecule is CC(C)[C@@H](NC(=O)[C@@H]1CCCO1)C(=O)O. The second kappa shape index (κ2) is 5.11. The summed E-state index contributed by atoms with van der Waals surface area (Å²) < 4.78 is 5.17. The van der Waals surface area contributed by atoms with Crippen LogP contribution in [0.5, 0.6) is 0 Å². The average molecular weight is 215 g/mol. The molecule has 1 fully saturated rings. The fourth-order valence-corrected chi connectivity index (χ4v) is 1.54. The Labute approximate surface area is 88.8 Å². The van der Waals surface area contributed by atoms with Crippen molar-refractivity contribution in [2.45, 2.75) is 38.8 Å². The van der Waals surface area contributed by atoms with Crippen molar-refractivity contribution in [1.29, 1.82) is 0 Å². The third-order valence-corrected chi connectivity index (χ3v) is 2.45. The van der Waals surface area contributed by atoms with Crippen molar-refractivity contribution < 1.29 is 19.4 Å². The number of hydrogen-bond acceptors (Lipinski definition) is 3. The maximum absolute atomic E-state index is 11.6. The largest absolute Gasteiger partial charge is 0.480 e. The first kappa shape index (κ1) is 12.0. The Kier molecular flexibility index (Phi) is 4.08. The minimum absolute atomic E-state index is 0.132. The van der Waals surface area contributed by atoms with Gasteiger partial charge in [-0.1, -0.05) is 13.8 Å². The Bertz CT molecular complexity index is 246. The van der Waals surface area contributed by atoms with Crippen LogP contribution in [0.2, 0.25) is 0 Å². The molecule has 1 aliphatic heterocycles. The Balaban J connectivity index is 2.50. The fraction of sp³-hybridized carbons (Fsp3) is 0.800. The van der Waals surface area contributed by atoms with Gasteiger partial charge in [-0.25, -0.2) is 4.79 Å². The van der Waals surface area contributed by atoms with Crippen LogP contribution >= 0.6 is 0 Å². The van der Waals surface area contributed by atoms with Crippen molar-refractivity contribution in [2.75, 3.05) is 6.61 Å². The number of carboxylic acids is 1. The number of amides is 1. The van der Waals surface area contributed by atoms with Crippen LogP contribution in [0.3, 0.4) is 0 Å². The van der Waals surface area contributed by atoms with Crippen LogP contribution in [0, 0.1) is 5.92 Å². The molecule has 2 atom stereocenters. The number of carboxylic acid groups (broad SMARTS) is 1. The summed E-state index contributed by atoms with van der Waals surface area (Å²) >= 11 is 0. The lowest BCUT2D eigenvalue weighted by Crippen LogP contribution is -2.48. The summed E-state index contributed by atoms with van der Waals surface area (Å²) in [6.45, 7) is 4.10. The molecule has 0 radical (unpaired) electrons. The Morgan fingerprint density at radius 1 is 1.47 bits per heavy atom. The Hall–Kier alpha value is -1.10. The van der Waals surface area contributed by atoms with E-state index in [-0.39, 0.29) is 11.8 Å². The molecule has 0 aliphatic carbocycles. The van der Waals surface area contributed by atoms with E-state index in [2.05, 4.69) is 5.32 Å². The molecular formula is C10H17NO4. The normalized spacial score (nSPS) is 22.7. The van der Waals surface area contributed by atoms with Gasteiger partial charge in [-0.05, 0) is 18.8 Å². The zero-order valence-corrected chi connectivity index (χ0v) is 9.03. The molecule has 0 spiro atoms. The minimum atomic E-state index is -1.00. The van der Waals surface area contributed by atoms with E-state index in [1.165, 1.54) is 0 Å². The van der Waals surface area contributed by atoms with E-state index in [4.69, 9.17) is 9.84 Å². The molecule has 1 aliphatic rings. The van der Waals surface area contributed by atoms with Gasteiger partial charge in [-0.3, -0.25) is 4.79 Å². The smallest absolute Gasteiger partial charge is 0.326 e. The minimum Gasteiger partial charge on any atom is -0.480 e. The van der Waals surface area contributed by atoms with Crippen LogP contribution in [0.4, 0.5) is 0 Å². The third kappa shape index (κ3) is 3.20. The summed E-state index contributed by atoms with van der Waals surface area (Å²) in [5, 5.41) is 11.4. The van der Waals surface area contributed by atoms with Gasteiger partial charge >= 0.3 is 5.97 Å². The van der Waals surface area contributed by atoms with Gasteiger partial charge in [0.25, 0.3) is 0 Å². The van der Waals surface area contributed by atoms with Crippen molar-refractivity contribution in [3.8, 4) is 0 Å². The van der Waals surface area contributed by atoms with Crippen molar-refractivity contribution in [3.63, 3.8) is 0 Å². The summed E-state index contributed by atoms with van der Waals surface area (Å²) in [4.78, 5) is 22.4. The summed E-state index contributed by atoms with van der Waals surface area (Å²) in [7, 11) is 0. The zero-order chi connectivity index (χ0) is 11.4. The van der Waals surface area contributed by atoms with Crippen molar-refractivity contribution >= 4 is 11.9 Å². The molecule has 0 aromatic carbocycles. The van der Waals surface area contributed by atoms with E-state index in [1.807, 2.05) is 0 Å². The monoisotopic (exact) mass is 215 g/mol. The third-order valence-electron chi connectivity index (χ3n) is 2.45. The molecule has 0 bridgehead atoms. The van der Waals surface area contributed by atoms with Crippen LogP contribution < -0.4 is 5.32 Å². The number of ether oxygens (including phenoxy) is 1. The predicted octanol–water partition coefficient (Wildman–Crippen LogP) is 0.391. The molecule has 1 saturated heterocycles. The lowest BCUT2D eigenvalue weighted by atomic mass is 10.0. The second-order valence-corrected chi connectivity index (χ2v) is 4.07. The quantitative estimate of drug-likeness (QED) is 0.711. The highest BCUT2D eigenvalue weighted by Crippen LogP contribution is 2.13. The molecule has 2 N–H and O–H groups in total. The second-order valence-electron chi connectivity index (χ2n) is 4.07. The van der Waals surface area contributed by atoms with E-state index in [1.54, 1.807) is 13.8 Å². The Morgan fingerprint density at radius 2 is 2.13 bits per heavy atom. The number of hydrogen-bond donors (Lipinski definition) is 2. The van der Waals surface area contributed by atoms with E-state index in [0.29, 0.717) is 13.0 Å². The standard InChI is InChI=1S/C10H17NO4/c1-6(2)8(10(13)14)11-9(12)7-4-3-5-15-7/h6-8H,3-5H2,1-2H3,(H,11,12)(H,13,14)/t7-,8+/m0/s1. The van der Waals surface area contributed by atoms with E-state index >= 15 is 0 Å². The topological polar surface area (TPSA) is 75.6 Å². The van der Waals surface area contributed by atoms with Gasteiger partial charge < -0.3 is 15.2 Å². The molecule has 0 saturated carbocycles. The molecule has 0 unspecified atom stereocenters.